The van der Waals surface area contributed by atoms with Gasteiger partial charge in [-0.25, -0.2) is 4.57 Å². The number of hydrogen-bond acceptors (Lipinski definition) is 3. The van der Waals surface area contributed by atoms with Crippen LogP contribution in [0.1, 0.15) is 0 Å². The molecular formula is C6H12NO4P. The monoisotopic (exact) mass is 193 g/mol. The minimum absolute atomic E-state index is 0.0360. The molecule has 0 unspecified atom stereocenters. The fourth-order valence-corrected chi connectivity index (χ4v) is 0.772. The Bertz CT molecular complexity index is 198. The molecule has 0 saturated carbocycles. The molecule has 0 amide bonds. The number of phosphoric acid groups is 1. The predicted molar refractivity (Wildman–Crippen MR) is 45.3 cm³/mol. The van der Waals surface area contributed by atoms with Crippen molar-refractivity contribution in [3.8, 4) is 0 Å². The Morgan fingerprint density at radius 2 is 2.25 bits per heavy atom. The first-order chi connectivity index (χ1) is 5.56. The largest absolute Gasteiger partial charge is 0.469 e. The lowest BCUT2D eigenvalue weighted by Crippen LogP contribution is -2.12. The van der Waals surface area contributed by atoms with Crippen molar-refractivity contribution in [3.63, 3.8) is 0 Å². The van der Waals surface area contributed by atoms with E-state index in [9.17, 15) is 4.57 Å². The van der Waals surface area contributed by atoms with Crippen LogP contribution in [0, 0.1) is 0 Å². The van der Waals surface area contributed by atoms with Gasteiger partial charge >= 0.3 is 7.82 Å². The second kappa shape index (κ2) is 5.97. The molecule has 0 aliphatic carbocycles. The van der Waals surface area contributed by atoms with E-state index in [4.69, 9.17) is 9.79 Å². The maximum atomic E-state index is 10.1. The van der Waals surface area contributed by atoms with Crippen molar-refractivity contribution in [2.75, 3.05) is 13.2 Å². The van der Waals surface area contributed by atoms with E-state index >= 15 is 0 Å². The van der Waals surface area contributed by atoms with Gasteiger partial charge in [0.1, 0.15) is 0 Å². The van der Waals surface area contributed by atoms with Crippen LogP contribution < -0.4 is 5.32 Å². The first kappa shape index (κ1) is 11.4. The molecule has 0 aliphatic rings. The van der Waals surface area contributed by atoms with Crippen LogP contribution >= 0.6 is 7.82 Å². The molecule has 0 atom stereocenters. The highest BCUT2D eigenvalue weighted by Gasteiger charge is 2.11. The number of nitrogens with one attached hydrogen (secondary N) is 1. The highest BCUT2D eigenvalue weighted by molar-refractivity contribution is 7.46. The summed E-state index contributed by atoms with van der Waals surface area (Å²) < 4.78 is 14.3. The molecule has 0 spiro atoms. The average Bonchev–Trinajstić information content (AvgIpc) is 1.94. The van der Waals surface area contributed by atoms with E-state index in [2.05, 4.69) is 16.4 Å². The summed E-state index contributed by atoms with van der Waals surface area (Å²) >= 11 is 0. The van der Waals surface area contributed by atoms with E-state index in [1.807, 2.05) is 0 Å². The van der Waals surface area contributed by atoms with Gasteiger partial charge in [-0.15, -0.1) is 0 Å². The Morgan fingerprint density at radius 1 is 1.58 bits per heavy atom. The summed E-state index contributed by atoms with van der Waals surface area (Å²) in [5, 5.41) is 2.74. The van der Waals surface area contributed by atoms with Gasteiger partial charge in [0.05, 0.1) is 6.61 Å². The molecule has 12 heavy (non-hydrogen) atoms. The van der Waals surface area contributed by atoms with Crippen molar-refractivity contribution in [1.82, 2.24) is 5.32 Å². The zero-order valence-electron chi connectivity index (χ0n) is 6.51. The normalized spacial score (nSPS) is 11.8. The van der Waals surface area contributed by atoms with Crippen LogP contribution in [0.3, 0.4) is 0 Å². The third-order valence-corrected chi connectivity index (χ3v) is 1.37. The van der Waals surface area contributed by atoms with Crippen molar-refractivity contribution in [3.05, 3.63) is 24.9 Å². The van der Waals surface area contributed by atoms with Crippen molar-refractivity contribution < 1.29 is 18.9 Å². The van der Waals surface area contributed by atoms with Crippen LogP contribution in [0.15, 0.2) is 24.9 Å². The maximum Gasteiger partial charge on any atom is 0.469 e. The van der Waals surface area contributed by atoms with Gasteiger partial charge < -0.3 is 15.1 Å². The van der Waals surface area contributed by atoms with Gasteiger partial charge in [0.15, 0.2) is 0 Å². The zero-order valence-corrected chi connectivity index (χ0v) is 7.41. The van der Waals surface area contributed by atoms with E-state index in [0.29, 0.717) is 6.54 Å². The molecule has 70 valence electrons. The summed E-state index contributed by atoms with van der Waals surface area (Å²) in [6, 6.07) is 0. The number of rotatable bonds is 6. The maximum absolute atomic E-state index is 10.1. The molecule has 0 aromatic carbocycles. The van der Waals surface area contributed by atoms with Gasteiger partial charge in [0.25, 0.3) is 0 Å². The molecule has 0 aromatic heterocycles. The lowest BCUT2D eigenvalue weighted by molar-refractivity contribution is 0.199. The molecule has 0 aliphatic heterocycles. The second-order valence-corrected chi connectivity index (χ2v) is 3.11. The van der Waals surface area contributed by atoms with Gasteiger partial charge in [-0.2, -0.15) is 0 Å². The number of allylic oxidation sites excluding steroid dienone is 2. The minimum atomic E-state index is -4.31. The Labute approximate surface area is 71.0 Å². The Morgan fingerprint density at radius 3 is 2.75 bits per heavy atom. The molecule has 0 fully saturated rings. The minimum Gasteiger partial charge on any atom is -0.389 e. The first-order valence-electron chi connectivity index (χ1n) is 3.27. The summed E-state index contributed by atoms with van der Waals surface area (Å²) in [5.74, 6) is 0. The quantitative estimate of drug-likeness (QED) is 0.323. The SMILES string of the molecule is C=C/C=C/NCCOP(=O)(O)O. The van der Waals surface area contributed by atoms with Gasteiger partial charge in [0.2, 0.25) is 0 Å². The van der Waals surface area contributed by atoms with Crippen molar-refractivity contribution in [1.29, 1.82) is 0 Å². The van der Waals surface area contributed by atoms with E-state index in [0.717, 1.165) is 0 Å². The average molecular weight is 193 g/mol. The lowest BCUT2D eigenvalue weighted by Gasteiger charge is -2.03. The standard InChI is InChI=1S/C6H12NO4P/c1-2-3-4-7-5-6-11-12(8,9)10/h2-4,7H,1,5-6H2,(H2,8,9,10)/b4-3+. The fourth-order valence-electron chi connectivity index (χ4n) is 0.443. The summed E-state index contributed by atoms with van der Waals surface area (Å²) in [6.45, 7) is 3.74. The van der Waals surface area contributed by atoms with Crippen LogP contribution in [0.2, 0.25) is 0 Å². The van der Waals surface area contributed by atoms with E-state index in [1.165, 1.54) is 0 Å². The van der Waals surface area contributed by atoms with Crippen LogP contribution in [0.5, 0.6) is 0 Å². The molecule has 0 radical (unpaired) electrons. The summed E-state index contributed by atoms with van der Waals surface area (Å²) in [7, 11) is -4.31. The van der Waals surface area contributed by atoms with Gasteiger partial charge in [-0.1, -0.05) is 12.7 Å². The van der Waals surface area contributed by atoms with Gasteiger partial charge in [-0.05, 0) is 12.3 Å². The zero-order chi connectivity index (χ0) is 9.45. The summed E-state index contributed by atoms with van der Waals surface area (Å²) in [4.78, 5) is 16.5. The molecule has 3 N–H and O–H groups in total. The van der Waals surface area contributed by atoms with E-state index in [1.54, 1.807) is 18.4 Å². The summed E-state index contributed by atoms with van der Waals surface area (Å²) in [6.07, 6.45) is 4.85. The van der Waals surface area contributed by atoms with Crippen LogP contribution in [0.25, 0.3) is 0 Å². The third kappa shape index (κ3) is 9.39. The van der Waals surface area contributed by atoms with E-state index < -0.39 is 7.82 Å². The Hall–Kier alpha value is -0.610. The first-order valence-corrected chi connectivity index (χ1v) is 4.80. The lowest BCUT2D eigenvalue weighted by atomic mass is 10.6. The van der Waals surface area contributed by atoms with Crippen LogP contribution in [-0.4, -0.2) is 22.9 Å². The molecule has 0 bridgehead atoms. The molecule has 0 heterocycles. The molecule has 0 aromatic rings. The van der Waals surface area contributed by atoms with Gasteiger partial charge in [0, 0.05) is 6.54 Å². The molecular weight excluding hydrogens is 181 g/mol. The third-order valence-electron chi connectivity index (χ3n) is 0.856. The van der Waals surface area contributed by atoms with E-state index in [-0.39, 0.29) is 6.61 Å². The molecule has 5 nitrogen and oxygen atoms in total. The smallest absolute Gasteiger partial charge is 0.389 e. The molecule has 6 heteroatoms. The molecule has 0 rings (SSSR count). The van der Waals surface area contributed by atoms with Crippen LogP contribution in [0.4, 0.5) is 0 Å². The number of phosphoric ester groups is 1. The van der Waals surface area contributed by atoms with Crippen molar-refractivity contribution in [2.45, 2.75) is 0 Å². The van der Waals surface area contributed by atoms with Crippen LogP contribution in [-0.2, 0) is 9.09 Å². The Balaban J connectivity index is 3.28. The van der Waals surface area contributed by atoms with Gasteiger partial charge in [-0.3, -0.25) is 4.52 Å². The second-order valence-electron chi connectivity index (χ2n) is 1.87. The highest BCUT2D eigenvalue weighted by Crippen LogP contribution is 2.34. The Kier molecular flexibility index (Phi) is 5.66. The van der Waals surface area contributed by atoms with Crippen molar-refractivity contribution >= 4 is 7.82 Å². The highest BCUT2D eigenvalue weighted by atomic mass is 31.2. The predicted octanol–water partition coefficient (Wildman–Crippen LogP) is 0.385. The summed E-state index contributed by atoms with van der Waals surface area (Å²) in [5.41, 5.74) is 0. The fraction of sp³-hybridized carbons (Fsp3) is 0.333. The molecule has 0 saturated heterocycles. The topological polar surface area (TPSA) is 78.8 Å². The van der Waals surface area contributed by atoms with Crippen molar-refractivity contribution in [2.24, 2.45) is 0 Å². The number of hydrogen-bond donors (Lipinski definition) is 3.